The Morgan fingerprint density at radius 3 is 1.76 bits per heavy atom. The fourth-order valence-electron chi connectivity index (χ4n) is 2.86. The van der Waals surface area contributed by atoms with Crippen LogP contribution in [0.2, 0.25) is 0 Å². The van der Waals surface area contributed by atoms with Crippen molar-refractivity contribution in [2.45, 2.75) is 77.5 Å². The molecule has 0 rings (SSSR count). The topological polar surface area (TPSA) is 237 Å². The van der Waals surface area contributed by atoms with Gasteiger partial charge in [-0.15, -0.1) is 0 Å². The minimum absolute atomic E-state index is 0.00702. The van der Waals surface area contributed by atoms with Crippen molar-refractivity contribution in [1.29, 1.82) is 0 Å². The number of nitrogens with two attached hydrogens (primary N) is 3. The van der Waals surface area contributed by atoms with Crippen molar-refractivity contribution in [1.82, 2.24) is 16.0 Å². The first-order valence-electron chi connectivity index (χ1n) is 10.6. The maximum atomic E-state index is 12.8. The lowest BCUT2D eigenvalue weighted by atomic mass is 9.99. The molecule has 0 radical (unpaired) electrons. The summed E-state index contributed by atoms with van der Waals surface area (Å²) in [5.74, 6) is -5.65. The van der Waals surface area contributed by atoms with E-state index in [2.05, 4.69) is 16.0 Å². The molecule has 4 unspecified atom stereocenters. The number of aliphatic carboxylic acids is 1. The molecule has 0 aliphatic rings. The van der Waals surface area contributed by atoms with Gasteiger partial charge in [-0.05, 0) is 24.7 Å². The molecule has 188 valence electrons. The molecule has 0 saturated carbocycles. The third-order valence-electron chi connectivity index (χ3n) is 4.65. The van der Waals surface area contributed by atoms with E-state index in [1.165, 1.54) is 0 Å². The van der Waals surface area contributed by atoms with Gasteiger partial charge in [-0.1, -0.05) is 27.7 Å². The van der Waals surface area contributed by atoms with Crippen molar-refractivity contribution in [3.63, 3.8) is 0 Å². The molecule has 0 fully saturated rings. The number of amides is 5. The zero-order valence-electron chi connectivity index (χ0n) is 19.4. The van der Waals surface area contributed by atoms with Gasteiger partial charge in [-0.25, -0.2) is 4.79 Å². The Hall–Kier alpha value is -3.22. The van der Waals surface area contributed by atoms with E-state index < -0.39 is 72.0 Å². The highest BCUT2D eigenvalue weighted by Gasteiger charge is 2.32. The minimum atomic E-state index is -1.44. The van der Waals surface area contributed by atoms with Gasteiger partial charge in [-0.3, -0.25) is 24.0 Å². The zero-order chi connectivity index (χ0) is 25.9. The van der Waals surface area contributed by atoms with Crippen LogP contribution in [0.25, 0.3) is 0 Å². The molecule has 0 heterocycles. The number of carbonyl (C=O) groups is 6. The maximum Gasteiger partial charge on any atom is 0.326 e. The van der Waals surface area contributed by atoms with E-state index in [0.717, 1.165) is 0 Å². The van der Waals surface area contributed by atoms with Gasteiger partial charge >= 0.3 is 5.97 Å². The Morgan fingerprint density at radius 2 is 1.33 bits per heavy atom. The number of hydrogen-bond acceptors (Lipinski definition) is 7. The van der Waals surface area contributed by atoms with Crippen LogP contribution in [-0.2, 0) is 28.8 Å². The summed E-state index contributed by atoms with van der Waals surface area (Å²) in [5.41, 5.74) is 15.9. The third-order valence-corrected chi connectivity index (χ3v) is 4.65. The average molecular weight is 473 g/mol. The summed E-state index contributed by atoms with van der Waals surface area (Å²) < 4.78 is 0. The second-order valence-corrected chi connectivity index (χ2v) is 8.60. The van der Waals surface area contributed by atoms with E-state index in [4.69, 9.17) is 17.2 Å². The molecule has 0 aromatic heterocycles. The molecule has 10 N–H and O–H groups in total. The van der Waals surface area contributed by atoms with Crippen LogP contribution in [0.15, 0.2) is 0 Å². The van der Waals surface area contributed by atoms with Crippen LogP contribution in [-0.4, -0.2) is 64.8 Å². The van der Waals surface area contributed by atoms with Crippen molar-refractivity contribution >= 4 is 35.5 Å². The quantitative estimate of drug-likeness (QED) is 0.136. The summed E-state index contributed by atoms with van der Waals surface area (Å²) in [7, 11) is 0. The van der Waals surface area contributed by atoms with Crippen LogP contribution in [0, 0.1) is 11.8 Å². The van der Waals surface area contributed by atoms with Crippen LogP contribution in [0.4, 0.5) is 0 Å². The van der Waals surface area contributed by atoms with Crippen molar-refractivity contribution in [2.75, 3.05) is 0 Å². The highest BCUT2D eigenvalue weighted by molar-refractivity contribution is 5.96. The Labute approximate surface area is 192 Å². The van der Waals surface area contributed by atoms with E-state index in [0.29, 0.717) is 0 Å². The first-order valence-corrected chi connectivity index (χ1v) is 10.6. The fourth-order valence-corrected chi connectivity index (χ4v) is 2.86. The highest BCUT2D eigenvalue weighted by Crippen LogP contribution is 2.09. The number of rotatable bonds is 15. The zero-order valence-corrected chi connectivity index (χ0v) is 19.4. The number of carboxylic acid groups (broad SMARTS) is 1. The Balaban J connectivity index is 5.42. The lowest BCUT2D eigenvalue weighted by Crippen LogP contribution is -2.59. The van der Waals surface area contributed by atoms with Gasteiger partial charge in [0.25, 0.3) is 0 Å². The van der Waals surface area contributed by atoms with E-state index in [1.54, 1.807) is 27.7 Å². The number of nitrogens with one attached hydrogen (secondary N) is 3. The van der Waals surface area contributed by atoms with E-state index >= 15 is 0 Å². The third kappa shape index (κ3) is 11.8. The van der Waals surface area contributed by atoms with Gasteiger partial charge in [0, 0.05) is 6.42 Å². The molecular formula is C20H36N6O7. The molecule has 0 aliphatic carbocycles. The molecule has 0 spiro atoms. The summed E-state index contributed by atoms with van der Waals surface area (Å²) in [6.45, 7) is 6.86. The molecule has 13 nitrogen and oxygen atoms in total. The molecule has 4 atom stereocenters. The summed E-state index contributed by atoms with van der Waals surface area (Å²) in [6.07, 6.45) is -0.617. The number of carboxylic acids is 1. The molecule has 13 heteroatoms. The normalized spacial score (nSPS) is 14.6. The van der Waals surface area contributed by atoms with Gasteiger partial charge in [0.05, 0.1) is 12.5 Å². The summed E-state index contributed by atoms with van der Waals surface area (Å²) in [6, 6.07) is -4.91. The monoisotopic (exact) mass is 472 g/mol. The fraction of sp³-hybridized carbons (Fsp3) is 0.700. The van der Waals surface area contributed by atoms with Gasteiger partial charge in [0.15, 0.2) is 0 Å². The predicted molar refractivity (Wildman–Crippen MR) is 118 cm³/mol. The maximum absolute atomic E-state index is 12.8. The molecule has 33 heavy (non-hydrogen) atoms. The lowest BCUT2D eigenvalue weighted by molar-refractivity contribution is -0.143. The molecule has 0 aromatic rings. The van der Waals surface area contributed by atoms with Crippen LogP contribution in [0.3, 0.4) is 0 Å². The van der Waals surface area contributed by atoms with Crippen molar-refractivity contribution in [3.8, 4) is 0 Å². The van der Waals surface area contributed by atoms with Crippen LogP contribution >= 0.6 is 0 Å². The summed E-state index contributed by atoms with van der Waals surface area (Å²) in [4.78, 5) is 71.5. The Morgan fingerprint density at radius 1 is 0.788 bits per heavy atom. The summed E-state index contributed by atoms with van der Waals surface area (Å²) in [5, 5.41) is 16.5. The lowest BCUT2D eigenvalue weighted by Gasteiger charge is -2.27. The minimum Gasteiger partial charge on any atom is -0.480 e. The van der Waals surface area contributed by atoms with Gasteiger partial charge in [0.1, 0.15) is 18.1 Å². The summed E-state index contributed by atoms with van der Waals surface area (Å²) >= 11 is 0. The largest absolute Gasteiger partial charge is 0.480 e. The van der Waals surface area contributed by atoms with E-state index in [-0.39, 0.29) is 25.2 Å². The molecule has 0 saturated heterocycles. The van der Waals surface area contributed by atoms with Crippen LogP contribution < -0.4 is 33.2 Å². The Kier molecular flexibility index (Phi) is 12.7. The first-order chi connectivity index (χ1) is 15.1. The number of hydrogen-bond donors (Lipinski definition) is 7. The second kappa shape index (κ2) is 14.0. The van der Waals surface area contributed by atoms with Crippen LogP contribution in [0.5, 0.6) is 0 Å². The molecule has 0 bridgehead atoms. The molecular weight excluding hydrogens is 436 g/mol. The SMILES string of the molecule is CC(C)CC(NC(=O)C(NC(=O)C(CC(N)=O)NC(=O)C(N)CCC(N)=O)C(C)C)C(=O)O. The smallest absolute Gasteiger partial charge is 0.326 e. The second-order valence-electron chi connectivity index (χ2n) is 8.60. The van der Waals surface area contributed by atoms with E-state index in [1.807, 2.05) is 0 Å². The van der Waals surface area contributed by atoms with Gasteiger partial charge in [-0.2, -0.15) is 0 Å². The van der Waals surface area contributed by atoms with Crippen LogP contribution in [0.1, 0.15) is 53.4 Å². The van der Waals surface area contributed by atoms with Gasteiger partial charge in [0.2, 0.25) is 29.5 Å². The highest BCUT2D eigenvalue weighted by atomic mass is 16.4. The molecule has 5 amide bonds. The van der Waals surface area contributed by atoms with Crippen molar-refractivity contribution < 1.29 is 33.9 Å². The standard InChI is InChI=1S/C20H36N6O7/c1-9(2)7-13(20(32)33)25-19(31)16(10(3)4)26-18(30)12(8-15(23)28)24-17(29)11(21)5-6-14(22)27/h9-13,16H,5-8,21H2,1-4H3,(H2,22,27)(H2,23,28)(H,24,29)(H,25,31)(H,26,30)(H,32,33). The first kappa shape index (κ1) is 29.8. The molecule has 0 aliphatic heterocycles. The van der Waals surface area contributed by atoms with Crippen molar-refractivity contribution in [3.05, 3.63) is 0 Å². The molecule has 0 aromatic carbocycles. The van der Waals surface area contributed by atoms with E-state index in [9.17, 15) is 33.9 Å². The number of primary amides is 2. The predicted octanol–water partition coefficient (Wildman–Crippen LogP) is -2.30. The van der Waals surface area contributed by atoms with Gasteiger partial charge < -0.3 is 38.3 Å². The average Bonchev–Trinajstić information content (AvgIpc) is 2.67. The van der Waals surface area contributed by atoms with Crippen molar-refractivity contribution in [2.24, 2.45) is 29.0 Å². The number of carbonyl (C=O) groups excluding carboxylic acids is 5. The Bertz CT molecular complexity index is 740.